The first kappa shape index (κ1) is 17.2. The van der Waals surface area contributed by atoms with E-state index in [2.05, 4.69) is 4.99 Å². The van der Waals surface area contributed by atoms with Crippen LogP contribution in [0.5, 0.6) is 0 Å². The number of nitrogens with one attached hydrogen (secondary N) is 2. The van der Waals surface area contributed by atoms with Crippen molar-refractivity contribution in [2.45, 2.75) is 9.79 Å². The molecular formula is C9H8F2N4O6S2. The van der Waals surface area contributed by atoms with Crippen LogP contribution in [0, 0.1) is 0 Å². The van der Waals surface area contributed by atoms with Crippen LogP contribution in [0.2, 0.25) is 0 Å². The Kier molecular flexibility index (Phi) is 4.36. The Morgan fingerprint density at radius 2 is 1.74 bits per heavy atom. The van der Waals surface area contributed by atoms with Crippen LogP contribution < -0.4 is 10.9 Å². The number of hydrazine groups is 2. The van der Waals surface area contributed by atoms with Crippen molar-refractivity contribution in [1.29, 1.82) is 0 Å². The molecule has 0 spiro atoms. The molecule has 0 aliphatic carbocycles. The zero-order valence-electron chi connectivity index (χ0n) is 10.8. The molecule has 1 aliphatic heterocycles. The average molecular weight is 370 g/mol. The standard InChI is InChI=1S/C9H8F2N4O6S2/c10-8-4-9(14-15(11)13-8)12-6-3-5(22(16,17)18)1-2-7(6)23(19,20)21/h1-4,13H,(H,12,14)(H,16,17,18)(H,19,20,21). The Hall–Kier alpha value is -2.13. The zero-order chi connectivity index (χ0) is 17.4. The van der Waals surface area contributed by atoms with E-state index in [9.17, 15) is 25.7 Å². The molecule has 10 nitrogen and oxygen atoms in total. The summed E-state index contributed by atoms with van der Waals surface area (Å²) in [6.45, 7) is 0. The molecule has 1 aromatic carbocycles. The van der Waals surface area contributed by atoms with Crippen molar-refractivity contribution in [2.75, 3.05) is 0 Å². The lowest BCUT2D eigenvalue weighted by atomic mass is 10.3. The van der Waals surface area contributed by atoms with Gasteiger partial charge in [0.25, 0.3) is 20.2 Å². The molecule has 2 rings (SSSR count). The number of hydrogen-bond donors (Lipinski definition) is 4. The van der Waals surface area contributed by atoms with E-state index in [1.54, 1.807) is 5.43 Å². The molecule has 23 heavy (non-hydrogen) atoms. The second kappa shape index (κ2) is 5.82. The Bertz CT molecular complexity index is 912. The van der Waals surface area contributed by atoms with E-state index in [1.165, 1.54) is 0 Å². The molecular weight excluding hydrogens is 362 g/mol. The molecule has 126 valence electrons. The predicted molar refractivity (Wildman–Crippen MR) is 71.6 cm³/mol. The maximum absolute atomic E-state index is 13.0. The lowest BCUT2D eigenvalue weighted by Crippen LogP contribution is -2.47. The highest BCUT2D eigenvalue weighted by atomic mass is 32.2. The lowest BCUT2D eigenvalue weighted by molar-refractivity contribution is -0.0612. The second-order valence-corrected chi connectivity index (χ2v) is 6.88. The van der Waals surface area contributed by atoms with Gasteiger partial charge in [0.05, 0.1) is 10.6 Å². The highest BCUT2D eigenvalue weighted by Crippen LogP contribution is 2.28. The van der Waals surface area contributed by atoms with E-state index in [4.69, 9.17) is 9.11 Å². The van der Waals surface area contributed by atoms with E-state index in [1.807, 2.05) is 5.43 Å². The van der Waals surface area contributed by atoms with Crippen LogP contribution in [0.4, 0.5) is 14.6 Å². The summed E-state index contributed by atoms with van der Waals surface area (Å²) in [6, 6.07) is 1.96. The maximum Gasteiger partial charge on any atom is 0.296 e. The summed E-state index contributed by atoms with van der Waals surface area (Å²) >= 11 is 0. The molecule has 0 radical (unpaired) electrons. The van der Waals surface area contributed by atoms with Gasteiger partial charge < -0.3 is 0 Å². The van der Waals surface area contributed by atoms with Gasteiger partial charge in [0.2, 0.25) is 5.95 Å². The fraction of sp³-hybridized carbons (Fsp3) is 0. The largest absolute Gasteiger partial charge is 0.296 e. The Balaban J connectivity index is 2.66. The van der Waals surface area contributed by atoms with Gasteiger partial charge in [-0.3, -0.25) is 14.5 Å². The first-order valence-corrected chi connectivity index (χ1v) is 8.39. The highest BCUT2D eigenvalue weighted by Gasteiger charge is 2.21. The fourth-order valence-electron chi connectivity index (χ4n) is 1.56. The topological polar surface area (TPSA) is 148 Å². The Morgan fingerprint density at radius 3 is 2.26 bits per heavy atom. The van der Waals surface area contributed by atoms with Gasteiger partial charge in [-0.2, -0.15) is 21.2 Å². The fourth-order valence-corrected chi connectivity index (χ4v) is 2.67. The Labute approximate surface area is 128 Å². The number of halogens is 2. The molecule has 0 fully saturated rings. The van der Waals surface area contributed by atoms with Crippen molar-refractivity contribution in [3.05, 3.63) is 30.2 Å². The first-order valence-electron chi connectivity index (χ1n) is 5.51. The molecule has 1 aromatic rings. The molecule has 0 aromatic heterocycles. The third kappa shape index (κ3) is 4.20. The normalized spacial score (nSPS) is 18.3. The highest BCUT2D eigenvalue weighted by molar-refractivity contribution is 7.86. The van der Waals surface area contributed by atoms with Gasteiger partial charge in [-0.25, -0.2) is 10.4 Å². The summed E-state index contributed by atoms with van der Waals surface area (Å²) in [6.07, 6.45) is 0.629. The first-order chi connectivity index (χ1) is 10.5. The molecule has 1 aliphatic rings. The van der Waals surface area contributed by atoms with Crippen LogP contribution in [0.1, 0.15) is 0 Å². The molecule has 0 saturated carbocycles. The van der Waals surface area contributed by atoms with E-state index in [0.29, 0.717) is 24.3 Å². The minimum atomic E-state index is -4.82. The third-order valence-corrected chi connectivity index (χ3v) is 4.18. The summed E-state index contributed by atoms with van der Waals surface area (Å²) < 4.78 is 88.6. The van der Waals surface area contributed by atoms with E-state index in [-0.39, 0.29) is 0 Å². The summed E-state index contributed by atoms with van der Waals surface area (Å²) in [5, 5.41) is -0.437. The van der Waals surface area contributed by atoms with Crippen LogP contribution in [-0.2, 0) is 20.2 Å². The third-order valence-electron chi connectivity index (χ3n) is 2.43. The van der Waals surface area contributed by atoms with Crippen LogP contribution in [0.25, 0.3) is 0 Å². The van der Waals surface area contributed by atoms with Gasteiger partial charge in [-0.05, 0) is 18.2 Å². The molecule has 14 heteroatoms. The zero-order valence-corrected chi connectivity index (χ0v) is 12.4. The minimum absolute atomic E-state index is 0.437. The number of hydrogen-bond acceptors (Lipinski definition) is 7. The van der Waals surface area contributed by atoms with Crippen molar-refractivity contribution in [1.82, 2.24) is 16.2 Å². The average Bonchev–Trinajstić information content (AvgIpc) is 2.34. The summed E-state index contributed by atoms with van der Waals surface area (Å²) in [5.74, 6) is -1.74. The van der Waals surface area contributed by atoms with E-state index >= 15 is 0 Å². The molecule has 0 amide bonds. The maximum atomic E-state index is 13.0. The smallest absolute Gasteiger partial charge is 0.282 e. The van der Waals surface area contributed by atoms with Crippen molar-refractivity contribution < 1.29 is 34.8 Å². The van der Waals surface area contributed by atoms with Gasteiger partial charge in [-0.1, -0.05) is 4.48 Å². The van der Waals surface area contributed by atoms with Gasteiger partial charge in [-0.15, -0.1) is 0 Å². The molecule has 0 bridgehead atoms. The number of aliphatic imine (C=N–C) groups is 1. The van der Waals surface area contributed by atoms with Crippen LogP contribution >= 0.6 is 0 Å². The van der Waals surface area contributed by atoms with Crippen molar-refractivity contribution in [2.24, 2.45) is 4.99 Å². The van der Waals surface area contributed by atoms with Crippen LogP contribution in [0.3, 0.4) is 0 Å². The SMILES string of the molecule is O=S(=O)(O)c1ccc(S(=O)(=O)O)c(N=C2C=C(F)NN(F)N2)c1. The predicted octanol–water partition coefficient (Wildman–Crippen LogP) is 0.230. The van der Waals surface area contributed by atoms with Crippen LogP contribution in [-0.4, -0.2) is 37.1 Å². The van der Waals surface area contributed by atoms with Crippen molar-refractivity contribution >= 4 is 31.8 Å². The molecule has 0 unspecified atom stereocenters. The van der Waals surface area contributed by atoms with Gasteiger partial charge >= 0.3 is 0 Å². The van der Waals surface area contributed by atoms with E-state index < -0.39 is 52.8 Å². The summed E-state index contributed by atoms with van der Waals surface area (Å²) in [4.78, 5) is 1.94. The monoisotopic (exact) mass is 370 g/mol. The number of rotatable bonds is 3. The lowest BCUT2D eigenvalue weighted by Gasteiger charge is -2.19. The second-order valence-electron chi connectivity index (χ2n) is 4.07. The van der Waals surface area contributed by atoms with Gasteiger partial charge in [0.1, 0.15) is 10.7 Å². The van der Waals surface area contributed by atoms with Gasteiger partial charge in [0, 0.05) is 11.4 Å². The van der Waals surface area contributed by atoms with Crippen molar-refractivity contribution in [3.8, 4) is 0 Å². The quantitative estimate of drug-likeness (QED) is 0.333. The summed E-state index contributed by atoms with van der Waals surface area (Å²) in [7, 11) is -9.52. The summed E-state index contributed by atoms with van der Waals surface area (Å²) in [5.41, 5.74) is 2.70. The molecule has 4 N–H and O–H groups in total. The number of benzene rings is 1. The van der Waals surface area contributed by atoms with Crippen LogP contribution in [0.15, 0.2) is 45.0 Å². The van der Waals surface area contributed by atoms with E-state index in [0.717, 1.165) is 0 Å². The minimum Gasteiger partial charge on any atom is -0.282 e. The number of amidine groups is 1. The molecule has 0 atom stereocenters. The van der Waals surface area contributed by atoms with Crippen molar-refractivity contribution in [3.63, 3.8) is 0 Å². The molecule has 1 heterocycles. The number of nitrogens with zero attached hydrogens (tertiary/aromatic N) is 2. The van der Waals surface area contributed by atoms with Gasteiger partial charge in [0.15, 0.2) is 0 Å². The molecule has 0 saturated heterocycles. The Morgan fingerprint density at radius 1 is 1.09 bits per heavy atom.